The van der Waals surface area contributed by atoms with Gasteiger partial charge in [0.25, 0.3) is 0 Å². The van der Waals surface area contributed by atoms with Crippen molar-refractivity contribution in [2.75, 3.05) is 43.4 Å². The molecule has 242 valence electrons. The molecule has 1 aliphatic carbocycles. The fraction of sp³-hybridized carbons (Fsp3) is 0.500. The molecule has 5 aliphatic rings. The Morgan fingerprint density at radius 1 is 1.09 bits per heavy atom. The molecule has 0 amide bonds. The summed E-state index contributed by atoms with van der Waals surface area (Å²) >= 11 is 0. The quantitative estimate of drug-likeness (QED) is 0.260. The van der Waals surface area contributed by atoms with E-state index in [1.54, 1.807) is 6.07 Å². The molecule has 0 unspecified atom stereocenters. The molecule has 2 aromatic heterocycles. The summed E-state index contributed by atoms with van der Waals surface area (Å²) in [6.45, 7) is 12.8. The number of nitrogen functional groups attached to an aromatic ring is 1. The fourth-order valence-electron chi connectivity index (χ4n) is 8.68. The van der Waals surface area contributed by atoms with Gasteiger partial charge in [-0.2, -0.15) is 23.1 Å². The van der Waals surface area contributed by atoms with E-state index in [9.17, 15) is 13.2 Å². The minimum atomic E-state index is -4.77. The standard InChI is InChI=1S/C34H37F4N7O/c1-18-11-32(12-19(2)14-45(32)13-18)17-46-31-41-29-24(30(42-31)44-15-22-8-9-33(16-44,43-22)21-4-5-21)7-6-23(27(29)35)28-26(34(36,37)38)20(3)10-25(39)40-28/h6-7,10,21-22,43H,1-2,4-5,8-9,11-17H2,3H3,(H2,39,40)/t22-,33+/m0/s1. The van der Waals surface area contributed by atoms with Crippen LogP contribution in [0.15, 0.2) is 42.5 Å². The van der Waals surface area contributed by atoms with Gasteiger partial charge in [-0.3, -0.25) is 4.90 Å². The van der Waals surface area contributed by atoms with Crippen LogP contribution in [0.5, 0.6) is 6.01 Å². The maximum absolute atomic E-state index is 16.7. The number of hydrogen-bond donors (Lipinski definition) is 2. The molecule has 8 rings (SSSR count). The van der Waals surface area contributed by atoms with Gasteiger partial charge in [0.1, 0.15) is 23.8 Å². The molecular formula is C34H37F4N7O. The van der Waals surface area contributed by atoms with Gasteiger partial charge in [-0.05, 0) is 75.1 Å². The number of anilines is 2. The zero-order valence-corrected chi connectivity index (χ0v) is 25.8. The summed E-state index contributed by atoms with van der Waals surface area (Å²) in [5.41, 5.74) is 5.56. The Hall–Kier alpha value is -3.77. The molecule has 12 heteroatoms. The van der Waals surface area contributed by atoms with Crippen LogP contribution in [0.1, 0.15) is 49.7 Å². The average Bonchev–Trinajstić information content (AvgIpc) is 3.66. The first-order chi connectivity index (χ1) is 21.8. The molecular weight excluding hydrogens is 598 g/mol. The van der Waals surface area contributed by atoms with Crippen molar-refractivity contribution in [2.24, 2.45) is 5.92 Å². The molecule has 0 spiro atoms. The molecule has 8 nitrogen and oxygen atoms in total. The van der Waals surface area contributed by atoms with Gasteiger partial charge in [0.15, 0.2) is 5.82 Å². The number of hydrogen-bond acceptors (Lipinski definition) is 8. The van der Waals surface area contributed by atoms with E-state index >= 15 is 4.39 Å². The number of fused-ring (bicyclic) bond motifs is 4. The molecule has 2 bridgehead atoms. The molecule has 0 radical (unpaired) electrons. The van der Waals surface area contributed by atoms with E-state index in [0.29, 0.717) is 30.2 Å². The summed E-state index contributed by atoms with van der Waals surface area (Å²) in [6, 6.07) is 4.33. The summed E-state index contributed by atoms with van der Waals surface area (Å²) in [4.78, 5) is 17.9. The topological polar surface area (TPSA) is 92.4 Å². The molecule has 2 atom stereocenters. The molecule has 3 aromatic rings. The van der Waals surface area contributed by atoms with Gasteiger partial charge < -0.3 is 20.7 Å². The maximum atomic E-state index is 16.7. The Morgan fingerprint density at radius 3 is 2.52 bits per heavy atom. The number of pyridine rings is 1. The molecule has 3 N–H and O–H groups in total. The number of aryl methyl sites for hydroxylation is 1. The number of halogens is 4. The Bertz CT molecular complexity index is 1780. The zero-order chi connectivity index (χ0) is 32.2. The highest BCUT2D eigenvalue weighted by Crippen LogP contribution is 2.49. The van der Waals surface area contributed by atoms with E-state index in [2.05, 4.69) is 38.2 Å². The highest BCUT2D eigenvalue weighted by atomic mass is 19.4. The first kappa shape index (κ1) is 29.6. The number of nitrogens with two attached hydrogens (primary N) is 1. The van der Waals surface area contributed by atoms with Crippen molar-refractivity contribution < 1.29 is 22.3 Å². The third-order valence-electron chi connectivity index (χ3n) is 10.7. The van der Waals surface area contributed by atoms with E-state index in [1.165, 1.54) is 25.8 Å². The number of aromatic nitrogens is 3. The number of alkyl halides is 3. The van der Waals surface area contributed by atoms with Crippen molar-refractivity contribution in [1.82, 2.24) is 25.2 Å². The first-order valence-electron chi connectivity index (χ1n) is 15.9. The molecule has 4 aliphatic heterocycles. The van der Waals surface area contributed by atoms with Gasteiger partial charge >= 0.3 is 12.2 Å². The van der Waals surface area contributed by atoms with E-state index in [-0.39, 0.29) is 52.2 Å². The first-order valence-corrected chi connectivity index (χ1v) is 15.9. The van der Waals surface area contributed by atoms with Crippen molar-refractivity contribution in [3.63, 3.8) is 0 Å². The lowest BCUT2D eigenvalue weighted by Gasteiger charge is -2.42. The van der Waals surface area contributed by atoms with Crippen molar-refractivity contribution in [2.45, 2.75) is 68.7 Å². The summed E-state index contributed by atoms with van der Waals surface area (Å²) in [5, 5.41) is 4.27. The highest BCUT2D eigenvalue weighted by Gasteiger charge is 2.53. The lowest BCUT2D eigenvalue weighted by Crippen LogP contribution is -2.61. The zero-order valence-electron chi connectivity index (χ0n) is 25.8. The smallest absolute Gasteiger partial charge is 0.418 e. The van der Waals surface area contributed by atoms with Gasteiger partial charge in [-0.1, -0.05) is 24.3 Å². The number of ether oxygens (including phenoxy) is 1. The summed E-state index contributed by atoms with van der Waals surface area (Å²) in [5.74, 6) is 0.0567. The number of rotatable bonds is 6. The van der Waals surface area contributed by atoms with Crippen LogP contribution in [-0.2, 0) is 6.18 Å². The third kappa shape index (κ3) is 4.74. The van der Waals surface area contributed by atoms with E-state index in [4.69, 9.17) is 15.5 Å². The number of nitrogens with zero attached hydrogens (tertiary/aromatic N) is 5. The molecule has 1 saturated carbocycles. The lowest BCUT2D eigenvalue weighted by atomic mass is 9.90. The van der Waals surface area contributed by atoms with Crippen LogP contribution in [0.2, 0.25) is 0 Å². The van der Waals surface area contributed by atoms with Crippen molar-refractivity contribution in [1.29, 1.82) is 0 Å². The van der Waals surface area contributed by atoms with Gasteiger partial charge in [0.05, 0.1) is 16.8 Å². The van der Waals surface area contributed by atoms with Crippen molar-refractivity contribution in [3.05, 3.63) is 59.4 Å². The lowest BCUT2D eigenvalue weighted by molar-refractivity contribution is -0.137. The average molecular weight is 636 g/mol. The van der Waals surface area contributed by atoms with E-state index in [1.807, 2.05) is 0 Å². The van der Waals surface area contributed by atoms with Gasteiger partial charge in [0.2, 0.25) is 0 Å². The minimum absolute atomic E-state index is 0.0120. The van der Waals surface area contributed by atoms with Crippen LogP contribution in [0.25, 0.3) is 22.2 Å². The Kier molecular flexibility index (Phi) is 6.51. The van der Waals surface area contributed by atoms with E-state index in [0.717, 1.165) is 56.0 Å². The largest absolute Gasteiger partial charge is 0.461 e. The van der Waals surface area contributed by atoms with Crippen molar-refractivity contribution >= 4 is 22.5 Å². The SMILES string of the molecule is C=C1CN2CC(=C)CC2(COc2nc(N3C[C@@H]4CC[C@](C5CC5)(C3)N4)c3ccc(-c4nc(N)cc(C)c4C(F)(F)F)c(F)c3n2)C1. The third-order valence-corrected chi connectivity index (χ3v) is 10.7. The summed E-state index contributed by atoms with van der Waals surface area (Å²) in [7, 11) is 0. The molecule has 5 fully saturated rings. The van der Waals surface area contributed by atoms with Crippen LogP contribution in [0.3, 0.4) is 0 Å². The maximum Gasteiger partial charge on any atom is 0.418 e. The van der Waals surface area contributed by atoms with Crippen LogP contribution in [0.4, 0.5) is 29.2 Å². The predicted octanol–water partition coefficient (Wildman–Crippen LogP) is 5.80. The number of nitrogens with one attached hydrogen (secondary N) is 1. The predicted molar refractivity (Wildman–Crippen MR) is 168 cm³/mol. The Balaban J connectivity index is 1.25. The Morgan fingerprint density at radius 2 is 1.83 bits per heavy atom. The monoisotopic (exact) mass is 635 g/mol. The van der Waals surface area contributed by atoms with Crippen molar-refractivity contribution in [3.8, 4) is 17.3 Å². The second-order valence-corrected chi connectivity index (χ2v) is 14.2. The van der Waals surface area contributed by atoms with Crippen LogP contribution in [0, 0.1) is 18.7 Å². The summed E-state index contributed by atoms with van der Waals surface area (Å²) in [6.07, 6.45) is 1.18. The van der Waals surface area contributed by atoms with Gasteiger partial charge in [-0.15, -0.1) is 0 Å². The summed E-state index contributed by atoms with van der Waals surface area (Å²) < 4.78 is 65.8. The molecule has 1 aromatic carbocycles. The molecule has 4 saturated heterocycles. The van der Waals surface area contributed by atoms with Crippen LogP contribution < -0.4 is 20.7 Å². The number of benzene rings is 1. The highest BCUT2D eigenvalue weighted by molar-refractivity contribution is 5.94. The van der Waals surface area contributed by atoms with Crippen LogP contribution >= 0.6 is 0 Å². The van der Waals surface area contributed by atoms with Gasteiger partial charge in [0, 0.05) is 48.7 Å². The number of piperazine rings is 1. The Labute approximate surface area is 264 Å². The normalized spacial score (nSPS) is 25.9. The second-order valence-electron chi connectivity index (χ2n) is 14.2. The fourth-order valence-corrected chi connectivity index (χ4v) is 8.68. The van der Waals surface area contributed by atoms with Gasteiger partial charge in [-0.25, -0.2) is 9.37 Å². The minimum Gasteiger partial charge on any atom is -0.461 e. The molecule has 46 heavy (non-hydrogen) atoms. The molecule has 6 heterocycles. The second kappa shape index (κ2) is 10.1. The van der Waals surface area contributed by atoms with E-state index < -0.39 is 23.3 Å². The van der Waals surface area contributed by atoms with Crippen LogP contribution in [-0.4, -0.2) is 69.8 Å².